The molecule has 0 aromatic heterocycles. The average molecular weight is 1920 g/mol. The summed E-state index contributed by atoms with van der Waals surface area (Å²) in [5.74, 6) is 0. The van der Waals surface area contributed by atoms with Crippen molar-refractivity contribution in [3.05, 3.63) is 652 Å². The van der Waals surface area contributed by atoms with E-state index in [0.717, 1.165) is 0 Å². The normalized spacial score (nSPS) is 10.6. The lowest BCUT2D eigenvalue weighted by Gasteiger charge is -2.11. The third-order valence-corrected chi connectivity index (χ3v) is 27.6. The molecule has 0 aliphatic heterocycles. The third kappa shape index (κ3) is 26.3. The minimum Gasteiger partial charge on any atom is -0.0622 e. The molecule has 0 aliphatic carbocycles. The highest BCUT2D eigenvalue weighted by atomic mass is 14.2. The lowest BCUT2D eigenvalue weighted by Crippen LogP contribution is -1.86. The van der Waals surface area contributed by atoms with E-state index in [4.69, 9.17) is 0 Å². The second kappa shape index (κ2) is 49.7. The molecule has 0 heterocycles. The first-order chi connectivity index (χ1) is 73.8. The van der Waals surface area contributed by atoms with Crippen LogP contribution in [0.2, 0.25) is 0 Å². The number of benzene rings is 24. The predicted octanol–water partition coefficient (Wildman–Crippen LogP) is 42.0. The van der Waals surface area contributed by atoms with Crippen LogP contribution in [0.4, 0.5) is 0 Å². The molecule has 0 saturated heterocycles. The topological polar surface area (TPSA) is 0 Å². The van der Waals surface area contributed by atoms with Crippen molar-refractivity contribution in [2.45, 2.75) is 41.5 Å². The maximum Gasteiger partial charge on any atom is -0.0149 e. The van der Waals surface area contributed by atoms with Gasteiger partial charge in [0.05, 0.1) is 0 Å². The Morgan fingerprint density at radius 2 is 0.233 bits per heavy atom. The molecule has 0 unspecified atom stereocenters. The summed E-state index contributed by atoms with van der Waals surface area (Å²) in [5.41, 5.74) is 53.0. The van der Waals surface area contributed by atoms with Crippen LogP contribution >= 0.6 is 0 Å². The SMILES string of the molecule is Cc1cc(-c2ccccc2)cc(-c2ccc(-c3ccccc3)cc2)c1.Cc1ccc(-c2ccc(-c3ccccc3)cc2)cc1-c1ccccc1.Cc1ccc(-c2cccc(-c3ccc(-c4ccccc4)cc3)c2)cc1.Cc1ccc(-c2ccccc2)cc1-c1ccc(-c2ccccc2)cc1.Cc1cccc(-c2cccc(-c3ccc(-c4ccccc4)cc3)c2)c1.Cc1ccccc1-c1cccc(-c2ccc(-c3ccccc3)cc2)c1. The van der Waals surface area contributed by atoms with Gasteiger partial charge in [-0.25, -0.2) is 0 Å². The van der Waals surface area contributed by atoms with E-state index in [2.05, 4.69) is 660 Å². The van der Waals surface area contributed by atoms with E-state index >= 15 is 0 Å². The summed E-state index contributed by atoms with van der Waals surface area (Å²) in [6.45, 7) is 12.9. The van der Waals surface area contributed by atoms with Crippen LogP contribution in [-0.2, 0) is 0 Å². The Kier molecular flexibility index (Phi) is 33.1. The largest absolute Gasteiger partial charge is 0.0622 e. The monoisotopic (exact) mass is 1920 g/mol. The highest BCUT2D eigenvalue weighted by Gasteiger charge is 2.15. The zero-order valence-electron chi connectivity index (χ0n) is 85.9. The molecule has 720 valence electrons. The van der Waals surface area contributed by atoms with Gasteiger partial charge in [0.25, 0.3) is 0 Å². The Labute approximate surface area is 887 Å². The van der Waals surface area contributed by atoms with Gasteiger partial charge >= 0.3 is 0 Å². The zero-order chi connectivity index (χ0) is 102. The molecule has 24 aromatic carbocycles. The summed E-state index contributed by atoms with van der Waals surface area (Å²) < 4.78 is 0. The van der Waals surface area contributed by atoms with Gasteiger partial charge in [-0.1, -0.05) is 593 Å². The van der Waals surface area contributed by atoms with Crippen molar-refractivity contribution in [1.82, 2.24) is 0 Å². The first-order valence-electron chi connectivity index (χ1n) is 51.8. The molecule has 24 rings (SSSR count). The van der Waals surface area contributed by atoms with Crippen molar-refractivity contribution >= 4 is 0 Å². The molecule has 0 amide bonds. The van der Waals surface area contributed by atoms with E-state index < -0.39 is 0 Å². The molecule has 24 aromatic rings. The Morgan fingerprint density at radius 3 is 0.527 bits per heavy atom. The minimum absolute atomic E-state index is 1.24. The van der Waals surface area contributed by atoms with Gasteiger partial charge in [0.2, 0.25) is 0 Å². The quantitative estimate of drug-likeness (QED) is 0.0803. The highest BCUT2D eigenvalue weighted by molar-refractivity contribution is 5.85. The van der Waals surface area contributed by atoms with Crippen molar-refractivity contribution in [2.24, 2.45) is 0 Å². The van der Waals surface area contributed by atoms with Gasteiger partial charge < -0.3 is 0 Å². The van der Waals surface area contributed by atoms with E-state index in [-0.39, 0.29) is 0 Å². The summed E-state index contributed by atoms with van der Waals surface area (Å²) in [7, 11) is 0. The highest BCUT2D eigenvalue weighted by Crippen LogP contribution is 2.40. The summed E-state index contributed by atoms with van der Waals surface area (Å²) in [6, 6.07) is 220. The maximum atomic E-state index is 2.29. The summed E-state index contributed by atoms with van der Waals surface area (Å²) >= 11 is 0. The molecule has 0 saturated carbocycles. The van der Waals surface area contributed by atoms with Crippen LogP contribution in [0.5, 0.6) is 0 Å². The number of aryl methyl sites for hydroxylation is 6. The zero-order valence-corrected chi connectivity index (χ0v) is 85.9. The van der Waals surface area contributed by atoms with E-state index in [9.17, 15) is 0 Å². The van der Waals surface area contributed by atoms with Crippen LogP contribution in [0.25, 0.3) is 200 Å². The molecular formula is C150H120. The van der Waals surface area contributed by atoms with Crippen molar-refractivity contribution in [2.75, 3.05) is 0 Å². The van der Waals surface area contributed by atoms with E-state index in [0.29, 0.717) is 0 Å². The molecule has 0 bridgehead atoms. The maximum absolute atomic E-state index is 2.29. The second-order valence-corrected chi connectivity index (χ2v) is 38.2. The number of hydrogen-bond acceptors (Lipinski definition) is 0. The van der Waals surface area contributed by atoms with E-state index in [1.165, 1.54) is 234 Å². The van der Waals surface area contributed by atoms with Crippen LogP contribution in [-0.4, -0.2) is 0 Å². The number of rotatable bonds is 18. The average Bonchev–Trinajstić information content (AvgIpc) is 0.826. The second-order valence-electron chi connectivity index (χ2n) is 38.2. The third-order valence-electron chi connectivity index (χ3n) is 27.6. The smallest absolute Gasteiger partial charge is 0.0149 e. The summed E-state index contributed by atoms with van der Waals surface area (Å²) in [5, 5.41) is 0. The Balaban J connectivity index is 0.000000113. The number of hydrogen-bond donors (Lipinski definition) is 0. The fraction of sp³-hybridized carbons (Fsp3) is 0.0400. The van der Waals surface area contributed by atoms with Crippen LogP contribution in [0.15, 0.2) is 619 Å². The lowest BCUT2D eigenvalue weighted by atomic mass is 9.94. The van der Waals surface area contributed by atoms with Gasteiger partial charge in [-0.05, 0) is 300 Å². The van der Waals surface area contributed by atoms with Gasteiger partial charge in [-0.3, -0.25) is 0 Å². The standard InChI is InChI=1S/6C25H20/c1-19-16-24(21-10-6-3-7-11-21)18-25(17-19)23-14-12-22(13-15-23)20-8-4-2-5-9-20;1-19-12-13-24(18-25(19)23-10-6-3-7-11-23)22-16-14-21(15-17-22)20-8-4-2-5-9-20;1-19-12-13-24(21-10-6-3-7-11-21)18-25(19)23-16-14-22(15-17-23)20-8-4-2-5-9-20;1-19-7-5-10-23(17-19)25-12-6-11-24(18-25)22-15-13-21(14-16-22)20-8-3-2-4-9-20;1-19-8-5-6-13-25(19)24-12-7-11-23(18-24)22-16-14-21(15-17-22)20-9-3-2-4-10-20;1-19-10-12-22(13-11-19)24-8-5-9-25(18-24)23-16-14-21(15-17-23)20-6-3-2-4-7-20/h6*2-18H,1H3. The van der Waals surface area contributed by atoms with E-state index in [1.54, 1.807) is 0 Å². The molecule has 0 heteroatoms. The first kappa shape index (κ1) is 100.0. The molecule has 0 nitrogen and oxygen atoms in total. The van der Waals surface area contributed by atoms with E-state index in [1.807, 2.05) is 0 Å². The fourth-order valence-electron chi connectivity index (χ4n) is 19.2. The molecule has 0 radical (unpaired) electrons. The first-order valence-corrected chi connectivity index (χ1v) is 51.8. The molecular weight excluding hydrogens is 1800 g/mol. The van der Waals surface area contributed by atoms with Gasteiger partial charge in [0, 0.05) is 0 Å². The predicted molar refractivity (Wildman–Crippen MR) is 645 cm³/mol. The van der Waals surface area contributed by atoms with Crippen LogP contribution in [0, 0.1) is 41.5 Å². The molecule has 0 fully saturated rings. The van der Waals surface area contributed by atoms with Gasteiger partial charge in [0.1, 0.15) is 0 Å². The van der Waals surface area contributed by atoms with Crippen LogP contribution < -0.4 is 0 Å². The van der Waals surface area contributed by atoms with Gasteiger partial charge in [-0.2, -0.15) is 0 Å². The van der Waals surface area contributed by atoms with Gasteiger partial charge in [0.15, 0.2) is 0 Å². The van der Waals surface area contributed by atoms with Crippen molar-refractivity contribution in [3.8, 4) is 200 Å². The molecule has 0 spiro atoms. The summed E-state index contributed by atoms with van der Waals surface area (Å²) in [6.07, 6.45) is 0. The van der Waals surface area contributed by atoms with Crippen LogP contribution in [0.1, 0.15) is 33.4 Å². The van der Waals surface area contributed by atoms with Gasteiger partial charge in [-0.15, -0.1) is 0 Å². The molecule has 0 aliphatic rings. The van der Waals surface area contributed by atoms with Crippen LogP contribution in [0.3, 0.4) is 0 Å². The minimum atomic E-state index is 1.24. The lowest BCUT2D eigenvalue weighted by molar-refractivity contribution is 1.45. The Hall–Kier alpha value is -18.7. The Morgan fingerprint density at radius 1 is 0.0733 bits per heavy atom. The summed E-state index contributed by atoms with van der Waals surface area (Å²) in [4.78, 5) is 0. The van der Waals surface area contributed by atoms with Crippen molar-refractivity contribution in [1.29, 1.82) is 0 Å². The van der Waals surface area contributed by atoms with Crippen molar-refractivity contribution in [3.63, 3.8) is 0 Å². The van der Waals surface area contributed by atoms with Crippen molar-refractivity contribution < 1.29 is 0 Å². The molecule has 150 heavy (non-hydrogen) atoms. The molecule has 0 N–H and O–H groups in total. The fourth-order valence-corrected chi connectivity index (χ4v) is 19.2. The molecule has 0 atom stereocenters. The Bertz CT molecular complexity index is 8420.